The maximum absolute atomic E-state index is 13.9. The quantitative estimate of drug-likeness (QED) is 0.482. The van der Waals surface area contributed by atoms with Crippen LogP contribution in [0.25, 0.3) is 0 Å². The van der Waals surface area contributed by atoms with Crippen LogP contribution in [-0.4, -0.2) is 71.7 Å². The predicted molar refractivity (Wildman–Crippen MR) is 133 cm³/mol. The largest absolute Gasteiger partial charge is 0.481 e. The molecule has 3 aliphatic rings. The molecule has 2 fully saturated rings. The van der Waals surface area contributed by atoms with Crippen molar-refractivity contribution < 1.29 is 28.6 Å². The molecular weight excluding hydrogens is 555 g/mol. The fourth-order valence-electron chi connectivity index (χ4n) is 5.24. The molecule has 2 saturated heterocycles. The van der Waals surface area contributed by atoms with Crippen LogP contribution in [0.5, 0.6) is 0 Å². The first-order valence-corrected chi connectivity index (χ1v) is 13.1. The summed E-state index contributed by atoms with van der Waals surface area (Å²) >= 11 is 4.83. The van der Waals surface area contributed by atoms with Crippen molar-refractivity contribution >= 4 is 45.0 Å². The molecule has 5 rings (SSSR count). The van der Waals surface area contributed by atoms with Gasteiger partial charge in [0.2, 0.25) is 0 Å². The van der Waals surface area contributed by atoms with E-state index in [0.29, 0.717) is 58.3 Å². The number of ether oxygens (including phenoxy) is 2. The molecule has 4 atom stereocenters. The second-order valence-corrected chi connectivity index (χ2v) is 10.7. The lowest BCUT2D eigenvalue weighted by Crippen LogP contribution is -2.50. The highest BCUT2D eigenvalue weighted by molar-refractivity contribution is 9.10. The number of rotatable bonds is 7. The summed E-state index contributed by atoms with van der Waals surface area (Å²) in [5.41, 5.74) is 1.51. The summed E-state index contributed by atoms with van der Waals surface area (Å²) in [4.78, 5) is 36.0. The lowest BCUT2D eigenvalue weighted by atomic mass is 9.94. The van der Waals surface area contributed by atoms with Gasteiger partial charge in [-0.05, 0) is 30.0 Å². The van der Waals surface area contributed by atoms with E-state index in [1.807, 2.05) is 5.38 Å². The van der Waals surface area contributed by atoms with E-state index in [9.17, 15) is 19.1 Å². The number of methoxy groups -OCH3 is 1. The zero-order chi connectivity index (χ0) is 25.4. The Kier molecular flexibility index (Phi) is 7.20. The number of aromatic nitrogens is 1. The van der Waals surface area contributed by atoms with Gasteiger partial charge in [0.15, 0.2) is 10.8 Å². The fourth-order valence-corrected chi connectivity index (χ4v) is 6.40. The molecule has 9 nitrogen and oxygen atoms in total. The summed E-state index contributed by atoms with van der Waals surface area (Å²) in [6, 6.07) is 3.43. The second-order valence-electron chi connectivity index (χ2n) is 8.92. The number of thiazole rings is 1. The van der Waals surface area contributed by atoms with Crippen molar-refractivity contribution in [3.63, 3.8) is 0 Å². The number of benzene rings is 1. The molecule has 2 N–H and O–H groups in total. The minimum Gasteiger partial charge on any atom is -0.481 e. The number of carbonyl (C=O) groups is 2. The Morgan fingerprint density at radius 3 is 2.92 bits per heavy atom. The average molecular weight is 579 g/mol. The van der Waals surface area contributed by atoms with Gasteiger partial charge in [-0.3, -0.25) is 14.7 Å². The fraction of sp³-hybridized carbons (Fsp3) is 0.417. The molecule has 4 heterocycles. The number of amidine groups is 1. The molecule has 0 radical (unpaired) electrons. The number of halogens is 2. The summed E-state index contributed by atoms with van der Waals surface area (Å²) in [5, 5.41) is 15.2. The topological polar surface area (TPSA) is 113 Å². The van der Waals surface area contributed by atoms with Crippen molar-refractivity contribution in [2.45, 2.75) is 31.0 Å². The number of carbonyl (C=O) groups excluding carboxylic acids is 1. The van der Waals surface area contributed by atoms with Gasteiger partial charge in [-0.25, -0.2) is 14.2 Å². The van der Waals surface area contributed by atoms with Crippen LogP contribution in [0.3, 0.4) is 0 Å². The lowest BCUT2D eigenvalue weighted by molar-refractivity contribution is -0.138. The molecule has 1 aromatic carbocycles. The highest BCUT2D eigenvalue weighted by Gasteiger charge is 2.46. The van der Waals surface area contributed by atoms with Crippen LogP contribution >= 0.6 is 27.3 Å². The molecule has 0 amide bonds. The van der Waals surface area contributed by atoms with Crippen molar-refractivity contribution in [2.75, 3.05) is 26.9 Å². The van der Waals surface area contributed by atoms with Gasteiger partial charge in [-0.15, -0.1) is 11.3 Å². The van der Waals surface area contributed by atoms with Crippen molar-refractivity contribution in [3.8, 4) is 0 Å². The number of morpholine rings is 1. The van der Waals surface area contributed by atoms with Gasteiger partial charge < -0.3 is 19.9 Å². The van der Waals surface area contributed by atoms with Gasteiger partial charge in [-0.1, -0.05) is 22.0 Å². The van der Waals surface area contributed by atoms with Crippen LogP contribution in [0.4, 0.5) is 4.39 Å². The summed E-state index contributed by atoms with van der Waals surface area (Å²) < 4.78 is 25.3. The molecular formula is C24H24BrFN4O5S. The van der Waals surface area contributed by atoms with Crippen LogP contribution in [0.1, 0.15) is 29.5 Å². The molecule has 0 spiro atoms. The summed E-state index contributed by atoms with van der Waals surface area (Å²) in [6.07, 6.45) is 2.44. The molecule has 1 aromatic heterocycles. The summed E-state index contributed by atoms with van der Waals surface area (Å²) in [7, 11) is 1.31. The van der Waals surface area contributed by atoms with Gasteiger partial charge in [0.05, 0.1) is 25.9 Å². The molecule has 0 saturated carbocycles. The van der Waals surface area contributed by atoms with Crippen molar-refractivity contribution in [2.24, 2.45) is 10.9 Å². The van der Waals surface area contributed by atoms with Crippen LogP contribution in [-0.2, 0) is 19.1 Å². The van der Waals surface area contributed by atoms with E-state index >= 15 is 0 Å². The molecule has 2 aromatic rings. The van der Waals surface area contributed by atoms with E-state index in [4.69, 9.17) is 14.5 Å². The first-order valence-electron chi connectivity index (χ1n) is 11.4. The Morgan fingerprint density at radius 2 is 2.22 bits per heavy atom. The molecule has 0 unspecified atom stereocenters. The van der Waals surface area contributed by atoms with E-state index in [0.717, 1.165) is 0 Å². The van der Waals surface area contributed by atoms with E-state index in [1.165, 1.54) is 30.6 Å². The number of esters is 1. The third kappa shape index (κ3) is 4.82. The number of carboxylic acid groups (broad SMARTS) is 1. The number of nitrogens with zero attached hydrogens (tertiary/aromatic N) is 3. The minimum absolute atomic E-state index is 0.0273. The normalized spacial score (nSPS) is 25.9. The Morgan fingerprint density at radius 1 is 1.39 bits per heavy atom. The van der Waals surface area contributed by atoms with Crippen molar-refractivity contribution in [3.05, 3.63) is 61.9 Å². The molecule has 0 aliphatic carbocycles. The Hall–Kier alpha value is -2.67. The zero-order valence-electron chi connectivity index (χ0n) is 19.3. The van der Waals surface area contributed by atoms with Crippen molar-refractivity contribution in [1.29, 1.82) is 0 Å². The third-order valence-electron chi connectivity index (χ3n) is 6.81. The van der Waals surface area contributed by atoms with Crippen LogP contribution in [0.15, 0.2) is 50.5 Å². The zero-order valence-corrected chi connectivity index (χ0v) is 21.7. The van der Waals surface area contributed by atoms with Crippen LogP contribution < -0.4 is 5.32 Å². The predicted octanol–water partition coefficient (Wildman–Crippen LogP) is 3.13. The smallest absolute Gasteiger partial charge is 0.338 e. The first kappa shape index (κ1) is 25.0. The summed E-state index contributed by atoms with van der Waals surface area (Å²) in [5.74, 6) is -1.35. The maximum atomic E-state index is 13.9. The van der Waals surface area contributed by atoms with Crippen molar-refractivity contribution in [1.82, 2.24) is 15.2 Å². The maximum Gasteiger partial charge on any atom is 0.338 e. The lowest BCUT2D eigenvalue weighted by Gasteiger charge is -2.38. The Labute approximate surface area is 219 Å². The monoisotopic (exact) mass is 578 g/mol. The van der Waals surface area contributed by atoms with Gasteiger partial charge in [0.25, 0.3) is 0 Å². The molecule has 190 valence electrons. The standard InChI is InChI=1S/C24H24BrFN4O5S/c1-34-24(33)20-17(9-30-14-6-12(7-19(31)32)18(30)11-35-10-14)28-22(23-27-4-5-36-23)29-21(20)15-3-2-13(26)8-16(15)25/h2-5,8,12,14,18,21H,6-7,9-11H2,1H3,(H,28,29)(H,31,32)/t12-,14-,18+,21+/m1/s1. The number of aliphatic carboxylic acids is 1. The van der Waals surface area contributed by atoms with E-state index in [2.05, 4.69) is 31.1 Å². The highest BCUT2D eigenvalue weighted by atomic mass is 79.9. The van der Waals surface area contributed by atoms with Gasteiger partial charge >= 0.3 is 11.9 Å². The van der Waals surface area contributed by atoms with E-state index in [-0.39, 0.29) is 24.4 Å². The SMILES string of the molecule is COC(=O)C1=C(CN2[C@H]3COC[C@H]2[C@@H](CC(=O)O)C3)NC(c2nccs2)=N[C@H]1c1ccc(F)cc1Br. The van der Waals surface area contributed by atoms with Crippen LogP contribution in [0.2, 0.25) is 0 Å². The Bertz CT molecular complexity index is 1240. The first-order chi connectivity index (χ1) is 17.4. The van der Waals surface area contributed by atoms with E-state index < -0.39 is 23.8 Å². The van der Waals surface area contributed by atoms with Gasteiger partial charge in [0.1, 0.15) is 11.9 Å². The minimum atomic E-state index is -0.836. The Balaban J connectivity index is 1.58. The number of nitrogens with one attached hydrogen (secondary N) is 1. The number of fused-ring (bicyclic) bond motifs is 2. The molecule has 12 heteroatoms. The highest BCUT2D eigenvalue weighted by Crippen LogP contribution is 2.40. The average Bonchev–Trinajstić information content (AvgIpc) is 3.43. The summed E-state index contributed by atoms with van der Waals surface area (Å²) in [6.45, 7) is 1.27. The van der Waals surface area contributed by atoms with Gasteiger partial charge in [0, 0.05) is 46.8 Å². The number of hydrogen-bond donors (Lipinski definition) is 2. The van der Waals surface area contributed by atoms with Gasteiger partial charge in [-0.2, -0.15) is 0 Å². The van der Waals surface area contributed by atoms with Crippen LogP contribution in [0, 0.1) is 11.7 Å². The molecule has 3 aliphatic heterocycles. The molecule has 2 bridgehead atoms. The second kappa shape index (κ2) is 10.4. The molecule has 36 heavy (non-hydrogen) atoms. The number of hydrogen-bond acceptors (Lipinski definition) is 9. The number of carboxylic acids is 1. The number of aliphatic imine (C=N–C) groups is 1. The third-order valence-corrected chi connectivity index (χ3v) is 8.28. The van der Waals surface area contributed by atoms with E-state index in [1.54, 1.807) is 12.3 Å².